The summed E-state index contributed by atoms with van der Waals surface area (Å²) in [6.45, 7) is -3.28. The molecule has 0 aromatic heterocycles. The molecule has 92 valence electrons. The van der Waals surface area contributed by atoms with E-state index in [-0.39, 0.29) is 5.56 Å². The van der Waals surface area contributed by atoms with Crippen molar-refractivity contribution in [2.45, 2.75) is 31.0 Å². The molecular weight excluding hydrogens is 214 g/mol. The number of hydrogen-bond donors (Lipinski definition) is 1. The van der Waals surface area contributed by atoms with Gasteiger partial charge in [-0.3, -0.25) is 4.79 Å². The lowest BCUT2D eigenvalue weighted by atomic mass is 9.86. The zero-order valence-corrected chi connectivity index (χ0v) is 9.20. The molecule has 0 saturated carbocycles. The summed E-state index contributed by atoms with van der Waals surface area (Å²) < 4.78 is 85.5. The van der Waals surface area contributed by atoms with E-state index in [9.17, 15) is 4.79 Å². The van der Waals surface area contributed by atoms with Crippen LogP contribution in [0, 0.1) is 0 Å². The van der Waals surface area contributed by atoms with Gasteiger partial charge in [0.05, 0.1) is 13.0 Å². The molecule has 0 bridgehead atoms. The number of nitrogens with one attached hydrogen (secondary N) is 1. The zero-order chi connectivity index (χ0) is 21.1. The number of benzene rings is 1. The van der Waals surface area contributed by atoms with Crippen molar-refractivity contribution in [2.24, 2.45) is 0 Å². The third-order valence-electron chi connectivity index (χ3n) is 2.20. The van der Waals surface area contributed by atoms with Gasteiger partial charge >= 0.3 is 5.97 Å². The molecule has 17 heavy (non-hydrogen) atoms. The van der Waals surface area contributed by atoms with Gasteiger partial charge in [0.2, 0.25) is 0 Å². The molecule has 1 aromatic rings. The van der Waals surface area contributed by atoms with E-state index in [0.29, 0.717) is 0 Å². The zero-order valence-electron chi connectivity index (χ0n) is 19.2. The van der Waals surface area contributed by atoms with Gasteiger partial charge in [0.25, 0.3) is 0 Å². The van der Waals surface area contributed by atoms with Crippen LogP contribution in [0.5, 0.6) is 0 Å². The van der Waals surface area contributed by atoms with E-state index < -0.39 is 43.5 Å². The van der Waals surface area contributed by atoms with Gasteiger partial charge in [0, 0.05) is 19.7 Å². The van der Waals surface area contributed by atoms with Crippen molar-refractivity contribution in [3.63, 3.8) is 0 Å². The summed E-state index contributed by atoms with van der Waals surface area (Å²) in [6, 6.07) is 3.53. The highest BCUT2D eigenvalue weighted by molar-refractivity contribution is 5.79. The van der Waals surface area contributed by atoms with Gasteiger partial charge in [0.1, 0.15) is 0 Å². The van der Waals surface area contributed by atoms with E-state index in [2.05, 4.69) is 4.74 Å². The van der Waals surface area contributed by atoms with Gasteiger partial charge < -0.3 is 10.1 Å². The quantitative estimate of drug-likeness (QED) is 0.826. The number of rotatable bonds is 3. The van der Waals surface area contributed by atoms with E-state index in [1.807, 2.05) is 0 Å². The summed E-state index contributed by atoms with van der Waals surface area (Å²) in [6.07, 6.45) is -10.5. The number of methoxy groups -OCH3 is 1. The van der Waals surface area contributed by atoms with E-state index in [1.54, 1.807) is 5.32 Å². The summed E-state index contributed by atoms with van der Waals surface area (Å²) in [5.41, 5.74) is -0.239. The van der Waals surface area contributed by atoms with Crippen molar-refractivity contribution in [2.75, 3.05) is 13.6 Å². The Bertz CT molecular complexity index is 741. The lowest BCUT2D eigenvalue weighted by molar-refractivity contribution is -0.143. The molecule has 0 spiro atoms. The Labute approximate surface area is 116 Å². The number of hydrogen-bond acceptors (Lipinski definition) is 3. The first-order chi connectivity index (χ1) is 12.0. The monoisotopic (exact) mass is 243 g/mol. The minimum Gasteiger partial charge on any atom is -0.469 e. The molecule has 0 aliphatic carbocycles. The predicted molar refractivity (Wildman–Crippen MR) is 66.8 cm³/mol. The minimum atomic E-state index is -3.58. The molecule has 1 saturated heterocycles. The highest BCUT2D eigenvalue weighted by Crippen LogP contribution is 2.26. The Hall–Kier alpha value is -1.35. The molecule has 1 aliphatic heterocycles. The average Bonchev–Trinajstić information content (AvgIpc) is 2.58. The maximum Gasteiger partial charge on any atom is 0.314 e. The van der Waals surface area contributed by atoms with E-state index in [1.165, 1.54) is 30.3 Å². The Morgan fingerprint density at radius 3 is 3.06 bits per heavy atom. The molecule has 2 rings (SSSR count). The van der Waals surface area contributed by atoms with Gasteiger partial charge in [0.15, 0.2) is 0 Å². The van der Waals surface area contributed by atoms with Crippen molar-refractivity contribution >= 4 is 5.97 Å². The largest absolute Gasteiger partial charge is 0.469 e. The molecule has 3 nitrogen and oxygen atoms in total. The molecule has 1 aliphatic rings. The Morgan fingerprint density at radius 2 is 2.35 bits per heavy atom. The maximum absolute atomic E-state index is 12.5. The van der Waals surface area contributed by atoms with Gasteiger partial charge in [-0.1, -0.05) is 36.7 Å². The number of carbonyl (C=O) groups is 1. The number of piperidine rings is 1. The van der Waals surface area contributed by atoms with Gasteiger partial charge in [-0.15, -0.1) is 0 Å². The van der Waals surface area contributed by atoms with Crippen LogP contribution in [0.25, 0.3) is 0 Å². The summed E-state index contributed by atoms with van der Waals surface area (Å²) in [4.78, 5) is 12.5. The lowest BCUT2D eigenvalue weighted by Gasteiger charge is -2.29. The number of carbonyl (C=O) groups excluding carboxylic acids is 1. The van der Waals surface area contributed by atoms with Crippen molar-refractivity contribution in [1.82, 2.24) is 5.32 Å². The van der Waals surface area contributed by atoms with E-state index in [0.717, 1.165) is 7.11 Å². The molecule has 2 atom stereocenters. The first kappa shape index (κ1) is 4.73. The Morgan fingerprint density at radius 1 is 1.59 bits per heavy atom. The molecule has 1 heterocycles. The molecule has 1 fully saturated rings. The number of ether oxygens (including phenoxy) is 1. The minimum absolute atomic E-state index is 0.239. The first-order valence-corrected chi connectivity index (χ1v) is 4.98. The highest BCUT2D eigenvalue weighted by Gasteiger charge is 2.31. The summed E-state index contributed by atoms with van der Waals surface area (Å²) >= 11 is 0. The molecular formula is C14H19NO2. The molecule has 1 N–H and O–H groups in total. The van der Waals surface area contributed by atoms with Crippen LogP contribution in [0.2, 0.25) is 0 Å². The second-order valence-electron chi connectivity index (χ2n) is 3.23. The fourth-order valence-corrected chi connectivity index (χ4v) is 1.45. The standard InChI is InChI=1S/C14H19NO2/c1-17-14(16)13(11-7-3-2-4-8-11)12-9-5-6-10-15-12/h2-4,7-8,12-13,15H,5-6,9-10H2,1H3/t12-,13+/m0/s1/i5D2,6D2,9D2,10D2,12D,13D. The van der Waals surface area contributed by atoms with Gasteiger partial charge in [-0.05, 0) is 24.8 Å². The van der Waals surface area contributed by atoms with Crippen molar-refractivity contribution in [1.29, 1.82) is 0 Å². The second-order valence-corrected chi connectivity index (χ2v) is 3.23. The summed E-state index contributed by atoms with van der Waals surface area (Å²) in [7, 11) is 0.902. The van der Waals surface area contributed by atoms with E-state index in [4.69, 9.17) is 13.7 Å². The van der Waals surface area contributed by atoms with E-state index >= 15 is 0 Å². The summed E-state index contributed by atoms with van der Waals surface area (Å²) in [5.74, 6) is -4.38. The third kappa shape index (κ3) is 2.86. The molecule has 3 heteroatoms. The normalized spacial score (nSPS) is 48.5. The Kier molecular flexibility index (Phi) is 1.62. The van der Waals surface area contributed by atoms with Gasteiger partial charge in [-0.2, -0.15) is 0 Å². The van der Waals surface area contributed by atoms with Crippen LogP contribution in [0.15, 0.2) is 30.3 Å². The van der Waals surface area contributed by atoms with Crippen LogP contribution >= 0.6 is 0 Å². The van der Waals surface area contributed by atoms with Crippen LogP contribution in [0.3, 0.4) is 0 Å². The van der Waals surface area contributed by atoms with Gasteiger partial charge in [-0.25, -0.2) is 0 Å². The Balaban J connectivity index is 2.88. The lowest BCUT2D eigenvalue weighted by Crippen LogP contribution is -2.42. The van der Waals surface area contributed by atoms with Crippen molar-refractivity contribution in [3.8, 4) is 0 Å². The first-order valence-electron chi connectivity index (χ1n) is 9.98. The average molecular weight is 243 g/mol. The van der Waals surface area contributed by atoms with Crippen LogP contribution in [0.1, 0.15) is 44.3 Å². The fourth-order valence-electron chi connectivity index (χ4n) is 1.45. The fraction of sp³-hybridized carbons (Fsp3) is 0.500. The molecule has 0 radical (unpaired) electrons. The smallest absolute Gasteiger partial charge is 0.314 e. The van der Waals surface area contributed by atoms with Crippen LogP contribution in [-0.4, -0.2) is 25.6 Å². The molecule has 1 aromatic carbocycles. The summed E-state index contributed by atoms with van der Waals surface area (Å²) in [5, 5.41) is 1.78. The maximum atomic E-state index is 12.5. The van der Waals surface area contributed by atoms with Crippen molar-refractivity contribution < 1.29 is 23.2 Å². The topological polar surface area (TPSA) is 38.3 Å². The highest BCUT2D eigenvalue weighted by atomic mass is 16.5. The van der Waals surface area contributed by atoms with Crippen LogP contribution < -0.4 is 5.32 Å². The van der Waals surface area contributed by atoms with Crippen LogP contribution in [-0.2, 0) is 9.53 Å². The molecule has 0 unspecified atom stereocenters. The van der Waals surface area contributed by atoms with Crippen LogP contribution in [0.4, 0.5) is 0 Å². The van der Waals surface area contributed by atoms with Crippen molar-refractivity contribution in [3.05, 3.63) is 35.9 Å². The molecule has 0 amide bonds. The SMILES string of the molecule is [2H]C1([2H])N[C@]([2H])([C@]([2H])(C(=O)OC)c2ccccc2)C([2H])([2H])C([2H])([2H])C1([2H])[2H]. The third-order valence-corrected chi connectivity index (χ3v) is 2.20. The predicted octanol–water partition coefficient (Wildman–Crippen LogP) is 2.09. The second kappa shape index (κ2) is 5.82. The number of esters is 1.